The van der Waals surface area contributed by atoms with Crippen LogP contribution >= 0.6 is 0 Å². The molecule has 1 unspecified atom stereocenters. The normalized spacial score (nSPS) is 17.7. The molecule has 1 saturated heterocycles. The number of benzene rings is 1. The van der Waals surface area contributed by atoms with Gasteiger partial charge in [-0.1, -0.05) is 0 Å². The van der Waals surface area contributed by atoms with Crippen LogP contribution in [-0.4, -0.2) is 39.5 Å². The second-order valence-corrected chi connectivity index (χ2v) is 7.76. The summed E-state index contributed by atoms with van der Waals surface area (Å²) in [5.41, 5.74) is 1.37. The number of hydrogen-bond acceptors (Lipinski definition) is 4. The Hall–Kier alpha value is -2.05. The third-order valence-electron chi connectivity index (χ3n) is 4.12. The Balaban J connectivity index is 1.99. The molecular formula is C17H19AsN4O. The summed E-state index contributed by atoms with van der Waals surface area (Å²) in [6.45, 7) is 2.24. The molecule has 23 heavy (non-hydrogen) atoms. The number of nitriles is 1. The number of hydrogen-bond donors (Lipinski definition) is 0. The van der Waals surface area contributed by atoms with Crippen molar-refractivity contribution in [3.8, 4) is 6.07 Å². The molecule has 2 atom stereocenters. The molecular weight excluding hydrogens is 351 g/mol. The molecule has 5 nitrogen and oxygen atoms in total. The van der Waals surface area contributed by atoms with Crippen molar-refractivity contribution in [1.82, 2.24) is 9.55 Å². The van der Waals surface area contributed by atoms with Crippen LogP contribution in [0.1, 0.15) is 24.0 Å². The molecule has 0 aliphatic carbocycles. The molecule has 1 aromatic heterocycles. The predicted molar refractivity (Wildman–Crippen MR) is 92.5 cm³/mol. The molecule has 0 amide bonds. The van der Waals surface area contributed by atoms with Gasteiger partial charge in [0.05, 0.1) is 0 Å². The number of anilines is 1. The number of aromatic nitrogens is 2. The number of nitrogens with zero attached hydrogens (tertiary/aromatic N) is 4. The summed E-state index contributed by atoms with van der Waals surface area (Å²) < 4.78 is 2.34. The van der Waals surface area contributed by atoms with Crippen LogP contribution in [0.5, 0.6) is 0 Å². The molecule has 1 aliphatic rings. The average Bonchev–Trinajstić information content (AvgIpc) is 2.57. The van der Waals surface area contributed by atoms with Crippen LogP contribution in [0.15, 0.2) is 41.3 Å². The van der Waals surface area contributed by atoms with Crippen molar-refractivity contribution in [2.45, 2.75) is 24.1 Å². The van der Waals surface area contributed by atoms with Crippen molar-refractivity contribution in [1.29, 1.82) is 5.26 Å². The third-order valence-corrected chi connectivity index (χ3v) is 5.26. The molecule has 6 heteroatoms. The molecule has 0 spiro atoms. The molecule has 0 radical (unpaired) electrons. The summed E-state index contributed by atoms with van der Waals surface area (Å²) in [6, 6.07) is 11.1. The second kappa shape index (κ2) is 7.02. The van der Waals surface area contributed by atoms with E-state index in [1.807, 2.05) is 18.2 Å². The van der Waals surface area contributed by atoms with Crippen LogP contribution in [0.3, 0.4) is 0 Å². The van der Waals surface area contributed by atoms with E-state index in [0.29, 0.717) is 22.8 Å². The van der Waals surface area contributed by atoms with Gasteiger partial charge in [-0.3, -0.25) is 0 Å². The van der Waals surface area contributed by atoms with Crippen LogP contribution in [0.4, 0.5) is 5.95 Å². The molecule has 1 aromatic carbocycles. The fraction of sp³-hybridized carbons (Fsp3) is 0.353. The topological polar surface area (TPSA) is 61.9 Å². The molecule has 2 aromatic rings. The first-order valence-corrected chi connectivity index (χ1v) is 9.13. The minimum absolute atomic E-state index is 0.0773. The van der Waals surface area contributed by atoms with E-state index in [-0.39, 0.29) is 5.56 Å². The van der Waals surface area contributed by atoms with Gasteiger partial charge in [0.15, 0.2) is 0 Å². The van der Waals surface area contributed by atoms with E-state index in [2.05, 4.69) is 16.0 Å². The van der Waals surface area contributed by atoms with Crippen LogP contribution in [-0.2, 0) is 6.54 Å². The first-order chi connectivity index (χ1) is 11.2. The van der Waals surface area contributed by atoms with Gasteiger partial charge in [0.25, 0.3) is 0 Å². The maximum atomic E-state index is 12.4. The molecule has 1 fully saturated rings. The van der Waals surface area contributed by atoms with Gasteiger partial charge in [0.1, 0.15) is 0 Å². The minimum atomic E-state index is -0.0773. The van der Waals surface area contributed by atoms with Crippen molar-refractivity contribution >= 4 is 22.8 Å². The zero-order valence-electron chi connectivity index (χ0n) is 12.9. The summed E-state index contributed by atoms with van der Waals surface area (Å²) in [5.74, 6) is 0.715. The van der Waals surface area contributed by atoms with Crippen molar-refractivity contribution in [2.75, 3.05) is 18.0 Å². The van der Waals surface area contributed by atoms with Crippen LogP contribution in [0, 0.1) is 11.3 Å². The molecule has 0 bridgehead atoms. The van der Waals surface area contributed by atoms with E-state index in [9.17, 15) is 10.1 Å². The summed E-state index contributed by atoms with van der Waals surface area (Å²) in [5, 5.41) is 9.26. The summed E-state index contributed by atoms with van der Waals surface area (Å²) >= 11 is 1.75. The summed E-state index contributed by atoms with van der Waals surface area (Å²) in [7, 11) is 0. The second-order valence-electron chi connectivity index (χ2n) is 5.79. The van der Waals surface area contributed by atoms with Gasteiger partial charge in [-0.05, 0) is 0 Å². The van der Waals surface area contributed by atoms with E-state index in [1.165, 1.54) is 12.5 Å². The van der Waals surface area contributed by atoms with Gasteiger partial charge in [0.2, 0.25) is 0 Å². The van der Waals surface area contributed by atoms with Crippen LogP contribution in [0.2, 0.25) is 4.71 Å². The van der Waals surface area contributed by atoms with Crippen molar-refractivity contribution < 1.29 is 0 Å². The molecule has 1 aliphatic heterocycles. The molecule has 0 N–H and O–H groups in total. The van der Waals surface area contributed by atoms with E-state index >= 15 is 0 Å². The van der Waals surface area contributed by atoms with E-state index in [1.54, 1.807) is 33.7 Å². The van der Waals surface area contributed by atoms with Gasteiger partial charge >= 0.3 is 144 Å². The number of rotatable bonds is 3. The molecule has 2 heterocycles. The summed E-state index contributed by atoms with van der Waals surface area (Å²) in [4.78, 5) is 19.0. The zero-order valence-corrected chi connectivity index (χ0v) is 15.3. The number of piperidine rings is 1. The van der Waals surface area contributed by atoms with E-state index in [0.717, 1.165) is 25.1 Å². The average molecular weight is 370 g/mol. The van der Waals surface area contributed by atoms with Crippen molar-refractivity contribution in [3.05, 3.63) is 58.0 Å². The summed E-state index contributed by atoms with van der Waals surface area (Å²) in [6.07, 6.45) is 3.95. The predicted octanol–water partition coefficient (Wildman–Crippen LogP) is 1.19. The zero-order chi connectivity index (χ0) is 16.2. The molecule has 3 rings (SSSR count). The Bertz CT molecular complexity index is 796. The van der Waals surface area contributed by atoms with E-state index < -0.39 is 0 Å². The molecule has 118 valence electrons. The van der Waals surface area contributed by atoms with Crippen molar-refractivity contribution in [3.63, 3.8) is 0 Å². The van der Waals surface area contributed by atoms with Gasteiger partial charge in [0, 0.05) is 0 Å². The van der Waals surface area contributed by atoms with Gasteiger partial charge in [-0.2, -0.15) is 0 Å². The third kappa shape index (κ3) is 3.48. The van der Waals surface area contributed by atoms with Crippen molar-refractivity contribution in [2.24, 2.45) is 0 Å². The Morgan fingerprint density at radius 1 is 1.35 bits per heavy atom. The Morgan fingerprint density at radius 2 is 2.17 bits per heavy atom. The van der Waals surface area contributed by atoms with E-state index in [4.69, 9.17) is 0 Å². The fourth-order valence-electron chi connectivity index (χ4n) is 2.96. The van der Waals surface area contributed by atoms with Gasteiger partial charge in [-0.15, -0.1) is 0 Å². The van der Waals surface area contributed by atoms with Crippen LogP contribution < -0.4 is 10.5 Å². The Morgan fingerprint density at radius 3 is 2.96 bits per heavy atom. The maximum absolute atomic E-state index is 12.4. The Labute approximate surface area is 144 Å². The quantitative estimate of drug-likeness (QED) is 0.762. The van der Waals surface area contributed by atoms with Crippen LogP contribution in [0.25, 0.3) is 0 Å². The standard InChI is InChI=1S/C17H19AsN4O/c18-15-6-3-9-21(12-15)17-20-8-7-16(23)22(17)11-14-5-2-1-4-13(14)10-19/h1-2,4-5,7-8,15H,3,6,9,11-12,18H2/t15-/m1/s1. The fourth-order valence-corrected chi connectivity index (χ4v) is 3.98. The Kier molecular flexibility index (Phi) is 4.83. The molecule has 0 saturated carbocycles. The first-order valence-electron chi connectivity index (χ1n) is 7.73. The SMILES string of the molecule is N#Cc1ccccc1Cn1c(N2CCC[C@@H]([AsH2])C2)nccc1=O. The van der Waals surface area contributed by atoms with Gasteiger partial charge < -0.3 is 0 Å². The monoisotopic (exact) mass is 370 g/mol. The van der Waals surface area contributed by atoms with Gasteiger partial charge in [-0.25, -0.2) is 0 Å². The first kappa shape index (κ1) is 15.8.